The topological polar surface area (TPSA) is 112 Å². The van der Waals surface area contributed by atoms with Gasteiger partial charge in [0.2, 0.25) is 11.8 Å². The quantitative estimate of drug-likeness (QED) is 0.324. The molecule has 1 heterocycles. The van der Waals surface area contributed by atoms with Crippen molar-refractivity contribution < 1.29 is 19.8 Å². The summed E-state index contributed by atoms with van der Waals surface area (Å²) in [6, 6.07) is 0. The van der Waals surface area contributed by atoms with Gasteiger partial charge in [-0.25, -0.2) is 4.98 Å². The summed E-state index contributed by atoms with van der Waals surface area (Å²) in [5.41, 5.74) is -0.144. The number of thiazole rings is 1. The Balaban J connectivity index is 1.94. The number of carbonyl (C=O) groups is 2. The van der Waals surface area contributed by atoms with Gasteiger partial charge >= 0.3 is 0 Å². The fourth-order valence-corrected chi connectivity index (χ4v) is 6.91. The predicted molar refractivity (Wildman–Crippen MR) is 130 cm³/mol. The zero-order chi connectivity index (χ0) is 24.2. The SMILES string of the molecule is C#CCNC(=O)CC1c2nc(NC(=O)CCCCC)sc2CC2C(C)(CO)C(O)CCC12C. The van der Waals surface area contributed by atoms with Crippen molar-refractivity contribution >= 4 is 28.3 Å². The molecule has 5 unspecified atom stereocenters. The zero-order valence-electron chi connectivity index (χ0n) is 19.9. The van der Waals surface area contributed by atoms with Crippen LogP contribution in [0.1, 0.15) is 82.2 Å². The molecule has 8 heteroatoms. The maximum Gasteiger partial charge on any atom is 0.226 e. The van der Waals surface area contributed by atoms with Crippen LogP contribution in [0.25, 0.3) is 0 Å². The van der Waals surface area contributed by atoms with E-state index in [4.69, 9.17) is 11.4 Å². The number of rotatable bonds is 9. The molecule has 182 valence electrons. The number of carbonyl (C=O) groups excluding carboxylic acids is 2. The maximum atomic E-state index is 12.7. The summed E-state index contributed by atoms with van der Waals surface area (Å²) in [5.74, 6) is 2.04. The molecule has 0 saturated heterocycles. The molecule has 3 rings (SSSR count). The number of terminal acetylenes is 1. The number of nitrogens with one attached hydrogen (secondary N) is 2. The Bertz CT molecular complexity index is 910. The Morgan fingerprint density at radius 2 is 2.06 bits per heavy atom. The van der Waals surface area contributed by atoms with Gasteiger partial charge in [-0.3, -0.25) is 9.59 Å². The van der Waals surface area contributed by atoms with E-state index in [2.05, 4.69) is 30.4 Å². The van der Waals surface area contributed by atoms with Crippen LogP contribution >= 0.6 is 11.3 Å². The lowest BCUT2D eigenvalue weighted by molar-refractivity contribution is -0.144. The van der Waals surface area contributed by atoms with Crippen LogP contribution < -0.4 is 10.6 Å². The third-order valence-corrected chi connectivity index (χ3v) is 8.93. The van der Waals surface area contributed by atoms with Crippen LogP contribution in [0.2, 0.25) is 0 Å². The summed E-state index contributed by atoms with van der Waals surface area (Å²) in [5, 5.41) is 27.4. The first kappa shape index (κ1) is 25.7. The normalized spacial score (nSPS) is 30.6. The van der Waals surface area contributed by atoms with Gasteiger partial charge in [-0.1, -0.05) is 39.5 Å². The second kappa shape index (κ2) is 10.5. The van der Waals surface area contributed by atoms with Gasteiger partial charge in [0.15, 0.2) is 5.13 Å². The molecule has 5 atom stereocenters. The van der Waals surface area contributed by atoms with Gasteiger partial charge in [0.05, 0.1) is 24.9 Å². The number of hydrogen-bond donors (Lipinski definition) is 4. The molecule has 2 amide bonds. The summed E-state index contributed by atoms with van der Waals surface area (Å²) in [6.45, 7) is 6.24. The number of aromatic nitrogens is 1. The lowest BCUT2D eigenvalue weighted by Crippen LogP contribution is -2.57. The predicted octanol–water partition coefficient (Wildman–Crippen LogP) is 3.22. The highest BCUT2D eigenvalue weighted by Gasteiger charge is 2.59. The molecule has 2 aliphatic carbocycles. The minimum atomic E-state index is -0.675. The molecule has 1 aromatic rings. The van der Waals surface area contributed by atoms with E-state index < -0.39 is 11.5 Å². The number of amides is 2. The van der Waals surface area contributed by atoms with Crippen LogP contribution in [-0.2, 0) is 16.0 Å². The summed E-state index contributed by atoms with van der Waals surface area (Å²) in [4.78, 5) is 30.9. The second-order valence-electron chi connectivity index (χ2n) is 10.1. The molecule has 0 aromatic carbocycles. The van der Waals surface area contributed by atoms with E-state index in [0.29, 0.717) is 24.4 Å². The number of hydrogen-bond acceptors (Lipinski definition) is 6. The molecule has 4 N–H and O–H groups in total. The van der Waals surface area contributed by atoms with Crippen LogP contribution in [0.3, 0.4) is 0 Å². The Kier molecular flexibility index (Phi) is 8.20. The van der Waals surface area contributed by atoms with Gasteiger partial charge in [-0.05, 0) is 37.0 Å². The standard InChI is InChI=1S/C25H37N3O4S/c1-5-7-8-9-20(31)27-23-28-22-16(13-21(32)26-12-6-2)24(3)11-10-19(30)25(4,15-29)18(24)14-17(22)33-23/h2,16,18-19,29-30H,5,7-15H2,1,3-4H3,(H,26,32)(H,27,28,31). The fraction of sp³-hybridized carbons (Fsp3) is 0.720. The van der Waals surface area contributed by atoms with Gasteiger partial charge in [-0.15, -0.1) is 17.8 Å². The van der Waals surface area contributed by atoms with Gasteiger partial charge in [0.1, 0.15) is 0 Å². The highest BCUT2D eigenvalue weighted by atomic mass is 32.1. The van der Waals surface area contributed by atoms with Gasteiger partial charge in [0.25, 0.3) is 0 Å². The zero-order valence-corrected chi connectivity index (χ0v) is 20.8. The number of anilines is 1. The molecule has 33 heavy (non-hydrogen) atoms. The Morgan fingerprint density at radius 1 is 1.30 bits per heavy atom. The third kappa shape index (κ3) is 5.11. The minimum Gasteiger partial charge on any atom is -0.396 e. The molecular formula is C25H37N3O4S. The van der Waals surface area contributed by atoms with Crippen LogP contribution in [0, 0.1) is 29.1 Å². The van der Waals surface area contributed by atoms with Crippen LogP contribution in [0.5, 0.6) is 0 Å². The summed E-state index contributed by atoms with van der Waals surface area (Å²) in [6.07, 6.45) is 10.3. The number of aliphatic hydroxyl groups is 2. The molecule has 1 fully saturated rings. The van der Waals surface area contributed by atoms with Crippen molar-refractivity contribution in [2.75, 3.05) is 18.5 Å². The number of fused-ring (bicyclic) bond motifs is 2. The smallest absolute Gasteiger partial charge is 0.226 e. The van der Waals surface area contributed by atoms with E-state index in [1.54, 1.807) is 0 Å². The van der Waals surface area contributed by atoms with E-state index in [9.17, 15) is 19.8 Å². The number of nitrogens with zero attached hydrogens (tertiary/aromatic N) is 1. The Morgan fingerprint density at radius 3 is 2.73 bits per heavy atom. The first-order valence-electron chi connectivity index (χ1n) is 12.0. The van der Waals surface area contributed by atoms with Gasteiger partial charge in [0, 0.05) is 29.1 Å². The van der Waals surface area contributed by atoms with E-state index in [0.717, 1.165) is 36.3 Å². The Hall–Kier alpha value is -1.95. The third-order valence-electron chi connectivity index (χ3n) is 7.92. The lowest BCUT2D eigenvalue weighted by Gasteiger charge is -2.58. The molecule has 0 radical (unpaired) electrons. The number of aliphatic hydroxyl groups excluding tert-OH is 2. The monoisotopic (exact) mass is 475 g/mol. The molecule has 7 nitrogen and oxygen atoms in total. The Labute approximate surface area is 200 Å². The number of unbranched alkanes of at least 4 members (excludes halogenated alkanes) is 2. The van der Waals surface area contributed by atoms with Crippen molar-refractivity contribution in [2.24, 2.45) is 16.7 Å². The largest absolute Gasteiger partial charge is 0.396 e. The second-order valence-corrected chi connectivity index (χ2v) is 11.1. The maximum absolute atomic E-state index is 12.7. The average Bonchev–Trinajstić information content (AvgIpc) is 3.18. The van der Waals surface area contributed by atoms with Crippen molar-refractivity contribution in [1.82, 2.24) is 10.3 Å². The first-order valence-corrected chi connectivity index (χ1v) is 12.8. The summed E-state index contributed by atoms with van der Waals surface area (Å²) >= 11 is 1.45. The molecule has 2 aliphatic rings. The fourth-order valence-electron chi connectivity index (χ4n) is 5.82. The molecule has 0 aliphatic heterocycles. The summed E-state index contributed by atoms with van der Waals surface area (Å²) in [7, 11) is 0. The van der Waals surface area contributed by atoms with E-state index in [1.165, 1.54) is 11.3 Å². The van der Waals surface area contributed by atoms with E-state index in [1.807, 2.05) is 6.92 Å². The highest BCUT2D eigenvalue weighted by molar-refractivity contribution is 7.15. The van der Waals surface area contributed by atoms with Crippen molar-refractivity contribution in [3.05, 3.63) is 10.6 Å². The van der Waals surface area contributed by atoms with Crippen molar-refractivity contribution in [1.29, 1.82) is 0 Å². The van der Waals surface area contributed by atoms with Gasteiger partial charge < -0.3 is 20.8 Å². The van der Waals surface area contributed by atoms with E-state index in [-0.39, 0.29) is 48.6 Å². The molecule has 1 saturated carbocycles. The highest BCUT2D eigenvalue weighted by Crippen LogP contribution is 2.62. The van der Waals surface area contributed by atoms with Crippen LogP contribution in [0.4, 0.5) is 5.13 Å². The summed E-state index contributed by atoms with van der Waals surface area (Å²) < 4.78 is 0. The molecule has 0 spiro atoms. The lowest BCUT2D eigenvalue weighted by atomic mass is 9.47. The minimum absolute atomic E-state index is 0.0229. The van der Waals surface area contributed by atoms with Gasteiger partial charge in [-0.2, -0.15) is 0 Å². The van der Waals surface area contributed by atoms with Crippen LogP contribution in [0.15, 0.2) is 0 Å². The van der Waals surface area contributed by atoms with Crippen molar-refractivity contribution in [2.45, 2.75) is 84.2 Å². The molecular weight excluding hydrogens is 438 g/mol. The molecule has 0 bridgehead atoms. The average molecular weight is 476 g/mol. The molecule has 1 aromatic heterocycles. The first-order chi connectivity index (χ1) is 15.7. The van der Waals surface area contributed by atoms with Crippen LogP contribution in [-0.4, -0.2) is 46.3 Å². The van der Waals surface area contributed by atoms with Crippen molar-refractivity contribution in [3.63, 3.8) is 0 Å². The van der Waals surface area contributed by atoms with Crippen molar-refractivity contribution in [3.8, 4) is 12.3 Å². The van der Waals surface area contributed by atoms with E-state index >= 15 is 0 Å².